The number of hydrogen-bond acceptors (Lipinski definition) is 3. The van der Waals surface area contributed by atoms with Gasteiger partial charge in [-0.1, -0.05) is 0 Å². The lowest BCUT2D eigenvalue weighted by Crippen LogP contribution is -2.35. The number of ether oxygens (including phenoxy) is 2. The maximum absolute atomic E-state index is 5.82. The van der Waals surface area contributed by atoms with Crippen LogP contribution < -0.4 is 9.47 Å². The first kappa shape index (κ1) is 8.53. The molecule has 0 radical (unpaired) electrons. The molecule has 1 fully saturated rings. The minimum Gasteiger partial charge on any atom is -0.481 e. The number of aromatic nitrogens is 1. The maximum atomic E-state index is 5.82. The van der Waals surface area contributed by atoms with Crippen molar-refractivity contribution in [3.8, 4) is 11.6 Å². The molecule has 3 nitrogen and oxygen atoms in total. The summed E-state index contributed by atoms with van der Waals surface area (Å²) in [4.78, 5) is 4.19. The Hall–Kier alpha value is -0.770. The predicted molar refractivity (Wildman–Crippen MR) is 54.6 cm³/mol. The van der Waals surface area contributed by atoms with Crippen LogP contribution in [0.15, 0.2) is 16.7 Å². The molecular formula is C10H10BrNO2. The molecule has 14 heavy (non-hydrogen) atoms. The smallest absolute Gasteiger partial charge is 0.257 e. The van der Waals surface area contributed by atoms with Crippen molar-refractivity contribution in [2.24, 2.45) is 0 Å². The van der Waals surface area contributed by atoms with E-state index in [-0.39, 0.29) is 12.2 Å². The highest BCUT2D eigenvalue weighted by molar-refractivity contribution is 9.10. The summed E-state index contributed by atoms with van der Waals surface area (Å²) in [5.41, 5.74) is 0. The van der Waals surface area contributed by atoms with E-state index in [1.54, 1.807) is 6.20 Å². The summed E-state index contributed by atoms with van der Waals surface area (Å²) in [6.45, 7) is 0. The van der Waals surface area contributed by atoms with E-state index in [0.29, 0.717) is 5.88 Å². The van der Waals surface area contributed by atoms with Gasteiger partial charge in [0.05, 0.1) is 0 Å². The van der Waals surface area contributed by atoms with Gasteiger partial charge < -0.3 is 9.47 Å². The average molecular weight is 256 g/mol. The van der Waals surface area contributed by atoms with Crippen molar-refractivity contribution in [3.05, 3.63) is 16.7 Å². The Balaban J connectivity index is 1.97. The number of pyridine rings is 1. The third-order valence-electron chi connectivity index (χ3n) is 2.72. The number of halogens is 1. The lowest BCUT2D eigenvalue weighted by molar-refractivity contribution is 0.0381. The van der Waals surface area contributed by atoms with Crippen molar-refractivity contribution in [2.75, 3.05) is 0 Å². The number of fused-ring (bicyclic) bond motifs is 2. The van der Waals surface area contributed by atoms with Crippen LogP contribution in [0.2, 0.25) is 0 Å². The normalized spacial score (nSPS) is 28.6. The van der Waals surface area contributed by atoms with Gasteiger partial charge in [0.25, 0.3) is 5.88 Å². The molecule has 0 aromatic carbocycles. The Morgan fingerprint density at radius 1 is 1.29 bits per heavy atom. The van der Waals surface area contributed by atoms with E-state index in [0.717, 1.165) is 23.1 Å². The van der Waals surface area contributed by atoms with Crippen molar-refractivity contribution in [2.45, 2.75) is 31.5 Å². The molecule has 2 aliphatic rings. The fourth-order valence-corrected chi connectivity index (χ4v) is 2.36. The first-order valence-electron chi connectivity index (χ1n) is 4.82. The quantitative estimate of drug-likeness (QED) is 0.714. The molecular weight excluding hydrogens is 246 g/mol. The molecule has 1 aromatic heterocycles. The van der Waals surface area contributed by atoms with Crippen LogP contribution in [0.3, 0.4) is 0 Å². The molecule has 3 rings (SSSR count). The second-order valence-electron chi connectivity index (χ2n) is 3.70. The molecule has 0 bridgehead atoms. The predicted octanol–water partition coefficient (Wildman–Crippen LogP) is 2.54. The SMILES string of the molecule is Brc1cnc2c(c1)OC1CCCC1O2. The number of rotatable bonds is 0. The summed E-state index contributed by atoms with van der Waals surface area (Å²) < 4.78 is 12.5. The van der Waals surface area contributed by atoms with Gasteiger partial charge in [0.15, 0.2) is 5.75 Å². The fourth-order valence-electron chi connectivity index (χ4n) is 2.05. The lowest BCUT2D eigenvalue weighted by atomic mass is 10.2. The van der Waals surface area contributed by atoms with Crippen LogP contribution in [0.5, 0.6) is 11.6 Å². The summed E-state index contributed by atoms with van der Waals surface area (Å²) in [5, 5.41) is 0. The first-order chi connectivity index (χ1) is 6.83. The van der Waals surface area contributed by atoms with E-state index >= 15 is 0 Å². The summed E-state index contributed by atoms with van der Waals surface area (Å²) in [6.07, 6.45) is 5.55. The van der Waals surface area contributed by atoms with Gasteiger partial charge in [0.2, 0.25) is 0 Å². The van der Waals surface area contributed by atoms with E-state index in [4.69, 9.17) is 9.47 Å². The molecule has 1 saturated carbocycles. The van der Waals surface area contributed by atoms with Gasteiger partial charge in [-0.3, -0.25) is 0 Å². The molecule has 0 saturated heterocycles. The van der Waals surface area contributed by atoms with Gasteiger partial charge in [-0.15, -0.1) is 0 Å². The van der Waals surface area contributed by atoms with Crippen molar-refractivity contribution in [1.82, 2.24) is 4.98 Å². The number of nitrogens with zero attached hydrogens (tertiary/aromatic N) is 1. The van der Waals surface area contributed by atoms with Gasteiger partial charge in [-0.2, -0.15) is 0 Å². The van der Waals surface area contributed by atoms with E-state index in [1.165, 1.54) is 6.42 Å². The van der Waals surface area contributed by atoms with E-state index in [1.807, 2.05) is 6.07 Å². The zero-order valence-corrected chi connectivity index (χ0v) is 9.16. The largest absolute Gasteiger partial charge is 0.481 e. The Morgan fingerprint density at radius 3 is 2.93 bits per heavy atom. The van der Waals surface area contributed by atoms with Crippen LogP contribution >= 0.6 is 15.9 Å². The molecule has 0 N–H and O–H groups in total. The molecule has 0 amide bonds. The first-order valence-corrected chi connectivity index (χ1v) is 5.61. The van der Waals surface area contributed by atoms with Gasteiger partial charge in [-0.25, -0.2) is 4.98 Å². The Kier molecular flexibility index (Phi) is 1.90. The maximum Gasteiger partial charge on any atom is 0.257 e. The summed E-state index contributed by atoms with van der Waals surface area (Å²) in [5.74, 6) is 1.40. The second-order valence-corrected chi connectivity index (χ2v) is 4.62. The summed E-state index contributed by atoms with van der Waals surface area (Å²) >= 11 is 3.36. The molecule has 4 heteroatoms. The Bertz CT molecular complexity index is 369. The molecule has 1 aliphatic heterocycles. The van der Waals surface area contributed by atoms with Crippen LogP contribution in [0.4, 0.5) is 0 Å². The average Bonchev–Trinajstić information content (AvgIpc) is 2.61. The van der Waals surface area contributed by atoms with Crippen molar-refractivity contribution >= 4 is 15.9 Å². The molecule has 2 atom stereocenters. The minimum absolute atomic E-state index is 0.219. The van der Waals surface area contributed by atoms with E-state index in [2.05, 4.69) is 20.9 Å². The van der Waals surface area contributed by atoms with Gasteiger partial charge in [-0.05, 0) is 35.2 Å². The van der Waals surface area contributed by atoms with Crippen molar-refractivity contribution in [3.63, 3.8) is 0 Å². The lowest BCUT2D eigenvalue weighted by Gasteiger charge is -2.28. The number of hydrogen-bond donors (Lipinski definition) is 0. The van der Waals surface area contributed by atoms with Crippen LogP contribution in [0.1, 0.15) is 19.3 Å². The van der Waals surface area contributed by atoms with Crippen LogP contribution in [0, 0.1) is 0 Å². The highest BCUT2D eigenvalue weighted by Gasteiger charge is 2.36. The third kappa shape index (κ3) is 1.29. The van der Waals surface area contributed by atoms with Crippen LogP contribution in [0.25, 0.3) is 0 Å². The highest BCUT2D eigenvalue weighted by atomic mass is 79.9. The second kappa shape index (κ2) is 3.12. The zero-order valence-electron chi connectivity index (χ0n) is 7.57. The molecule has 2 heterocycles. The Labute approximate surface area is 90.6 Å². The van der Waals surface area contributed by atoms with Gasteiger partial charge in [0.1, 0.15) is 12.2 Å². The molecule has 0 spiro atoms. The zero-order chi connectivity index (χ0) is 9.54. The molecule has 2 unspecified atom stereocenters. The van der Waals surface area contributed by atoms with Crippen LogP contribution in [-0.4, -0.2) is 17.2 Å². The summed E-state index contributed by atoms with van der Waals surface area (Å²) in [7, 11) is 0. The molecule has 1 aromatic rings. The monoisotopic (exact) mass is 255 g/mol. The van der Waals surface area contributed by atoms with Gasteiger partial charge >= 0.3 is 0 Å². The molecule has 1 aliphatic carbocycles. The molecule has 74 valence electrons. The fraction of sp³-hybridized carbons (Fsp3) is 0.500. The third-order valence-corrected chi connectivity index (χ3v) is 3.15. The van der Waals surface area contributed by atoms with Gasteiger partial charge in [0, 0.05) is 16.7 Å². The Morgan fingerprint density at radius 2 is 2.07 bits per heavy atom. The van der Waals surface area contributed by atoms with Crippen molar-refractivity contribution < 1.29 is 9.47 Å². The van der Waals surface area contributed by atoms with Crippen LogP contribution in [-0.2, 0) is 0 Å². The standard InChI is InChI=1S/C10H10BrNO2/c11-6-4-9-10(12-5-6)14-8-3-1-2-7(8)13-9/h4-5,7-8H,1-3H2. The topological polar surface area (TPSA) is 31.4 Å². The van der Waals surface area contributed by atoms with Crippen molar-refractivity contribution in [1.29, 1.82) is 0 Å². The highest BCUT2D eigenvalue weighted by Crippen LogP contribution is 2.38. The van der Waals surface area contributed by atoms with E-state index in [9.17, 15) is 0 Å². The minimum atomic E-state index is 0.219. The summed E-state index contributed by atoms with van der Waals surface area (Å²) in [6, 6.07) is 1.91. The van der Waals surface area contributed by atoms with E-state index < -0.39 is 0 Å².